The Labute approximate surface area is 131 Å². The maximum Gasteiger partial charge on any atom is 0.316 e. The van der Waals surface area contributed by atoms with Gasteiger partial charge in [0.15, 0.2) is 0 Å². The number of primary amides is 1. The van der Waals surface area contributed by atoms with Crippen LogP contribution < -0.4 is 16.4 Å². The molecule has 5 nitrogen and oxygen atoms in total. The number of carbonyl (C=O) groups excluding carboxylic acids is 2. The molecule has 0 spiro atoms. The molecule has 7 heteroatoms. The minimum atomic E-state index is -0.815. The highest BCUT2D eigenvalue weighted by Gasteiger charge is 2.13. The number of hydrogen-bond donors (Lipinski definition) is 3. The summed E-state index contributed by atoms with van der Waals surface area (Å²) in [6.45, 7) is 1.73. The van der Waals surface area contributed by atoms with Gasteiger partial charge in [0.25, 0.3) is 5.91 Å². The van der Waals surface area contributed by atoms with Crippen molar-refractivity contribution in [3.63, 3.8) is 0 Å². The lowest BCUT2D eigenvalue weighted by Crippen LogP contribution is -2.27. The molecule has 120 valence electrons. The van der Waals surface area contributed by atoms with Gasteiger partial charge >= 0.3 is 6.03 Å². The number of hydrogen-bond acceptors (Lipinski definition) is 2. The highest BCUT2D eigenvalue weighted by Crippen LogP contribution is 2.17. The molecule has 1 atom stereocenters. The van der Waals surface area contributed by atoms with Gasteiger partial charge in [-0.2, -0.15) is 0 Å². The number of urea groups is 1. The van der Waals surface area contributed by atoms with Gasteiger partial charge in [0, 0.05) is 17.3 Å². The third kappa shape index (κ3) is 4.50. The van der Waals surface area contributed by atoms with Crippen molar-refractivity contribution in [2.24, 2.45) is 5.73 Å². The fourth-order valence-electron chi connectivity index (χ4n) is 2.05. The van der Waals surface area contributed by atoms with Gasteiger partial charge in [-0.3, -0.25) is 4.79 Å². The van der Waals surface area contributed by atoms with E-state index < -0.39 is 29.6 Å². The summed E-state index contributed by atoms with van der Waals surface area (Å²) in [4.78, 5) is 22.8. The quantitative estimate of drug-likeness (QED) is 0.809. The first-order valence-electron chi connectivity index (χ1n) is 6.78. The molecular formula is C16H15F2N3O2. The molecule has 0 aliphatic carbocycles. The van der Waals surface area contributed by atoms with Gasteiger partial charge in [-0.05, 0) is 36.8 Å². The van der Waals surface area contributed by atoms with Crippen LogP contribution >= 0.6 is 0 Å². The van der Waals surface area contributed by atoms with Crippen molar-refractivity contribution in [1.82, 2.24) is 5.32 Å². The molecule has 4 N–H and O–H groups in total. The number of rotatable bonds is 4. The minimum absolute atomic E-state index is 0.0960. The lowest BCUT2D eigenvalue weighted by Gasteiger charge is -2.15. The number of carbonyl (C=O) groups is 2. The van der Waals surface area contributed by atoms with Crippen LogP contribution in [0.3, 0.4) is 0 Å². The minimum Gasteiger partial charge on any atom is -0.351 e. The van der Waals surface area contributed by atoms with Gasteiger partial charge in [0.05, 0.1) is 6.04 Å². The molecule has 3 amide bonds. The molecule has 2 rings (SSSR count). The second kappa shape index (κ2) is 6.87. The largest absolute Gasteiger partial charge is 0.351 e. The molecule has 0 saturated carbocycles. The average molecular weight is 319 g/mol. The summed E-state index contributed by atoms with van der Waals surface area (Å²) >= 11 is 0. The van der Waals surface area contributed by atoms with Gasteiger partial charge in [0.2, 0.25) is 0 Å². The van der Waals surface area contributed by atoms with Crippen molar-refractivity contribution in [3.8, 4) is 0 Å². The van der Waals surface area contributed by atoms with Crippen molar-refractivity contribution in [3.05, 3.63) is 65.2 Å². The number of anilines is 1. The van der Waals surface area contributed by atoms with Crippen LogP contribution in [0.2, 0.25) is 0 Å². The van der Waals surface area contributed by atoms with Gasteiger partial charge < -0.3 is 16.4 Å². The summed E-state index contributed by atoms with van der Waals surface area (Å²) in [6.07, 6.45) is 0. The fourth-order valence-corrected chi connectivity index (χ4v) is 2.05. The van der Waals surface area contributed by atoms with E-state index in [1.807, 2.05) is 0 Å². The van der Waals surface area contributed by atoms with Crippen LogP contribution in [0, 0.1) is 11.6 Å². The smallest absolute Gasteiger partial charge is 0.316 e. The van der Waals surface area contributed by atoms with Crippen molar-refractivity contribution in [2.45, 2.75) is 13.0 Å². The molecular weight excluding hydrogens is 304 g/mol. The van der Waals surface area contributed by atoms with Crippen molar-refractivity contribution >= 4 is 17.6 Å². The second-order valence-electron chi connectivity index (χ2n) is 4.96. The van der Waals surface area contributed by atoms with Crippen LogP contribution in [-0.4, -0.2) is 11.9 Å². The van der Waals surface area contributed by atoms with E-state index in [4.69, 9.17) is 5.73 Å². The Hall–Kier alpha value is -2.96. The zero-order valence-corrected chi connectivity index (χ0v) is 12.3. The Morgan fingerprint density at radius 3 is 2.13 bits per heavy atom. The van der Waals surface area contributed by atoms with E-state index in [9.17, 15) is 18.4 Å². The molecule has 0 heterocycles. The molecule has 2 aromatic carbocycles. The maximum absolute atomic E-state index is 13.1. The van der Waals surface area contributed by atoms with Crippen molar-refractivity contribution in [1.29, 1.82) is 0 Å². The molecule has 23 heavy (non-hydrogen) atoms. The number of benzene rings is 2. The van der Waals surface area contributed by atoms with Crippen molar-refractivity contribution < 1.29 is 18.4 Å². The third-order valence-electron chi connectivity index (χ3n) is 3.15. The van der Waals surface area contributed by atoms with Crippen LogP contribution in [0.25, 0.3) is 0 Å². The van der Waals surface area contributed by atoms with Gasteiger partial charge in [-0.25, -0.2) is 13.6 Å². The Morgan fingerprint density at radius 1 is 1.04 bits per heavy atom. The molecule has 0 aliphatic heterocycles. The van der Waals surface area contributed by atoms with Crippen LogP contribution in [0.4, 0.5) is 19.3 Å². The molecule has 0 saturated heterocycles. The summed E-state index contributed by atoms with van der Waals surface area (Å²) in [5.41, 5.74) is 6.19. The molecule has 0 aliphatic rings. The molecule has 2 aromatic rings. The zero-order valence-electron chi connectivity index (χ0n) is 12.3. The maximum atomic E-state index is 13.1. The third-order valence-corrected chi connectivity index (χ3v) is 3.15. The molecule has 0 bridgehead atoms. The van der Waals surface area contributed by atoms with Crippen LogP contribution in [0.5, 0.6) is 0 Å². The Kier molecular flexibility index (Phi) is 4.90. The molecule has 0 fully saturated rings. The number of nitrogens with two attached hydrogens (primary N) is 1. The van der Waals surface area contributed by atoms with Crippen molar-refractivity contribution in [2.75, 3.05) is 5.32 Å². The van der Waals surface area contributed by atoms with E-state index in [0.29, 0.717) is 11.8 Å². The highest BCUT2D eigenvalue weighted by molar-refractivity contribution is 5.94. The van der Waals surface area contributed by atoms with E-state index in [-0.39, 0.29) is 5.56 Å². The van der Waals surface area contributed by atoms with E-state index in [1.165, 1.54) is 0 Å². The predicted molar refractivity (Wildman–Crippen MR) is 81.9 cm³/mol. The molecule has 0 unspecified atom stereocenters. The molecule has 0 radical (unpaired) electrons. The SMILES string of the molecule is C[C@@H](NC(=O)c1cc(F)cc(F)c1)c1ccc(NC(N)=O)cc1. The zero-order chi connectivity index (χ0) is 17.0. The van der Waals surface area contributed by atoms with E-state index in [1.54, 1.807) is 31.2 Å². The topological polar surface area (TPSA) is 84.2 Å². The lowest BCUT2D eigenvalue weighted by molar-refractivity contribution is 0.0939. The summed E-state index contributed by atoms with van der Waals surface area (Å²) in [7, 11) is 0. The normalized spacial score (nSPS) is 11.6. The van der Waals surface area contributed by atoms with E-state index in [2.05, 4.69) is 10.6 Å². The summed E-state index contributed by atoms with van der Waals surface area (Å²) in [6, 6.07) is 8.21. The monoisotopic (exact) mass is 319 g/mol. The Balaban J connectivity index is 2.07. The first-order chi connectivity index (χ1) is 10.8. The lowest BCUT2D eigenvalue weighted by atomic mass is 10.1. The first kappa shape index (κ1) is 16.4. The summed E-state index contributed by atoms with van der Waals surface area (Å²) in [5.74, 6) is -2.22. The first-order valence-corrected chi connectivity index (χ1v) is 6.78. The van der Waals surface area contributed by atoms with Gasteiger partial charge in [-0.1, -0.05) is 12.1 Å². The highest BCUT2D eigenvalue weighted by atomic mass is 19.1. The summed E-state index contributed by atoms with van der Waals surface area (Å²) in [5, 5.41) is 5.06. The average Bonchev–Trinajstić information content (AvgIpc) is 2.46. The van der Waals surface area contributed by atoms with Gasteiger partial charge in [-0.15, -0.1) is 0 Å². The van der Waals surface area contributed by atoms with Crippen LogP contribution in [0.1, 0.15) is 28.9 Å². The number of nitrogens with one attached hydrogen (secondary N) is 2. The predicted octanol–water partition coefficient (Wildman–Crippen LogP) is 2.95. The standard InChI is InChI=1S/C16H15F2N3O2/c1-9(10-2-4-14(5-3-10)21-16(19)23)20-15(22)11-6-12(17)8-13(18)7-11/h2-9H,1H3,(H,20,22)(H3,19,21,23)/t9-/m1/s1. The van der Waals surface area contributed by atoms with Crippen LogP contribution in [0.15, 0.2) is 42.5 Å². The summed E-state index contributed by atoms with van der Waals surface area (Å²) < 4.78 is 26.3. The Bertz CT molecular complexity index is 712. The second-order valence-corrected chi connectivity index (χ2v) is 4.96. The van der Waals surface area contributed by atoms with E-state index in [0.717, 1.165) is 17.7 Å². The van der Waals surface area contributed by atoms with Crippen LogP contribution in [-0.2, 0) is 0 Å². The number of halogens is 2. The fraction of sp³-hybridized carbons (Fsp3) is 0.125. The van der Waals surface area contributed by atoms with Gasteiger partial charge in [0.1, 0.15) is 11.6 Å². The van der Waals surface area contributed by atoms with E-state index >= 15 is 0 Å². The molecule has 0 aromatic heterocycles. The Morgan fingerprint density at radius 2 is 1.61 bits per heavy atom. The number of amides is 3.